The van der Waals surface area contributed by atoms with Crippen LogP contribution in [0.2, 0.25) is 0 Å². The summed E-state index contributed by atoms with van der Waals surface area (Å²) in [5.74, 6) is 0. The molecule has 0 bridgehead atoms. The highest BCUT2D eigenvalue weighted by atomic mass is 15.0. The number of rotatable bonds is 4. The van der Waals surface area contributed by atoms with Crippen LogP contribution in [-0.4, -0.2) is 19.1 Å². The van der Waals surface area contributed by atoms with E-state index < -0.39 is 0 Å². The van der Waals surface area contributed by atoms with Gasteiger partial charge in [-0.1, -0.05) is 115 Å². The van der Waals surface area contributed by atoms with E-state index in [1.54, 1.807) is 0 Å². The zero-order valence-corrected chi connectivity index (χ0v) is 26.0. The van der Waals surface area contributed by atoms with Crippen molar-refractivity contribution in [3.05, 3.63) is 170 Å². The molecule has 0 saturated carbocycles. The summed E-state index contributed by atoms with van der Waals surface area (Å²) in [4.78, 5) is 10.5. The molecule has 4 nitrogen and oxygen atoms in total. The molecule has 3 heterocycles. The van der Waals surface area contributed by atoms with Gasteiger partial charge in [0.15, 0.2) is 0 Å². The van der Waals surface area contributed by atoms with E-state index in [1.807, 2.05) is 12.1 Å². The fourth-order valence-corrected chi connectivity index (χ4v) is 7.43. The molecule has 10 aromatic rings. The van der Waals surface area contributed by atoms with Crippen molar-refractivity contribution < 1.29 is 0 Å². The maximum absolute atomic E-state index is 5.30. The van der Waals surface area contributed by atoms with Gasteiger partial charge in [-0.05, 0) is 54.6 Å². The second kappa shape index (κ2) is 10.5. The van der Waals surface area contributed by atoms with Crippen LogP contribution in [0.5, 0.6) is 0 Å². The number of para-hydroxylation sites is 3. The smallest absolute Gasteiger partial charge is 0.0973 e. The van der Waals surface area contributed by atoms with Gasteiger partial charge >= 0.3 is 0 Å². The SMILES string of the molecule is c1ccc(-c2nc3ccc(-n4c5ccccc5c5c6c7ccccc7n(-c7ccccc7)c6ccc54)cc3nc2-c2ccccc2)cc1. The highest BCUT2D eigenvalue weighted by Crippen LogP contribution is 2.42. The molecule has 10 rings (SSSR count). The molecule has 0 saturated heterocycles. The summed E-state index contributed by atoms with van der Waals surface area (Å²) in [6.45, 7) is 0. The molecule has 0 spiro atoms. The average molecular weight is 613 g/mol. The van der Waals surface area contributed by atoms with E-state index in [4.69, 9.17) is 9.97 Å². The minimum Gasteiger partial charge on any atom is -0.309 e. The highest BCUT2D eigenvalue weighted by Gasteiger charge is 2.21. The minimum atomic E-state index is 0.860. The summed E-state index contributed by atoms with van der Waals surface area (Å²) in [6.07, 6.45) is 0. The standard InChI is InChI=1S/C44H28N4/c1-4-14-29(15-5-1)43-44(30-16-6-2-7-17-30)46-36-28-32(24-25-35(36)45-43)48-38-23-13-11-21-34(38)42-40(48)27-26-39-41(42)33-20-10-12-22-37(33)47(39)31-18-8-3-9-19-31/h1-28H. The Morgan fingerprint density at radius 1 is 0.333 bits per heavy atom. The van der Waals surface area contributed by atoms with Crippen LogP contribution in [0.25, 0.3) is 88.5 Å². The van der Waals surface area contributed by atoms with Gasteiger partial charge in [-0.3, -0.25) is 0 Å². The normalized spacial score (nSPS) is 11.8. The van der Waals surface area contributed by atoms with Crippen LogP contribution in [0, 0.1) is 0 Å². The topological polar surface area (TPSA) is 35.6 Å². The van der Waals surface area contributed by atoms with Crippen LogP contribution in [0.1, 0.15) is 0 Å². The van der Waals surface area contributed by atoms with Crippen LogP contribution < -0.4 is 0 Å². The molecule has 0 amide bonds. The third-order valence-electron chi connectivity index (χ3n) is 9.49. The van der Waals surface area contributed by atoms with E-state index in [0.717, 1.165) is 56.0 Å². The summed E-state index contributed by atoms with van der Waals surface area (Å²) in [5, 5.41) is 4.99. The van der Waals surface area contributed by atoms with E-state index in [-0.39, 0.29) is 0 Å². The first-order valence-electron chi connectivity index (χ1n) is 16.3. The summed E-state index contributed by atoms with van der Waals surface area (Å²) in [7, 11) is 0. The first-order chi connectivity index (χ1) is 23.8. The lowest BCUT2D eigenvalue weighted by atomic mass is 10.0. The molecule has 0 aliphatic rings. The molecular weight excluding hydrogens is 585 g/mol. The Morgan fingerprint density at radius 3 is 1.35 bits per heavy atom. The van der Waals surface area contributed by atoms with Gasteiger partial charge in [0.05, 0.1) is 44.5 Å². The molecule has 224 valence electrons. The molecule has 0 fully saturated rings. The summed E-state index contributed by atoms with van der Waals surface area (Å²) >= 11 is 0. The Balaban J connectivity index is 1.26. The fourth-order valence-electron chi connectivity index (χ4n) is 7.43. The Kier molecular flexibility index (Phi) is 5.84. The number of hydrogen-bond donors (Lipinski definition) is 0. The van der Waals surface area contributed by atoms with Crippen molar-refractivity contribution in [3.63, 3.8) is 0 Å². The molecule has 0 N–H and O–H groups in total. The zero-order valence-electron chi connectivity index (χ0n) is 26.0. The predicted molar refractivity (Wildman–Crippen MR) is 199 cm³/mol. The highest BCUT2D eigenvalue weighted by molar-refractivity contribution is 6.28. The van der Waals surface area contributed by atoms with E-state index in [9.17, 15) is 0 Å². The van der Waals surface area contributed by atoms with Gasteiger partial charge in [0, 0.05) is 44.0 Å². The van der Waals surface area contributed by atoms with Crippen LogP contribution in [0.4, 0.5) is 0 Å². The second-order valence-electron chi connectivity index (χ2n) is 12.2. The van der Waals surface area contributed by atoms with Crippen molar-refractivity contribution in [1.29, 1.82) is 0 Å². The Bertz CT molecular complexity index is 2810. The summed E-state index contributed by atoms with van der Waals surface area (Å²) in [6, 6.07) is 59.9. The lowest BCUT2D eigenvalue weighted by molar-refractivity contribution is 1.17. The zero-order chi connectivity index (χ0) is 31.6. The predicted octanol–water partition coefficient (Wildman–Crippen LogP) is 11.2. The second-order valence-corrected chi connectivity index (χ2v) is 12.2. The number of fused-ring (bicyclic) bond motifs is 8. The first-order valence-corrected chi connectivity index (χ1v) is 16.3. The van der Waals surface area contributed by atoms with Crippen LogP contribution in [-0.2, 0) is 0 Å². The monoisotopic (exact) mass is 612 g/mol. The molecule has 4 heteroatoms. The lowest BCUT2D eigenvalue weighted by Gasteiger charge is -2.13. The van der Waals surface area contributed by atoms with Gasteiger partial charge in [-0.15, -0.1) is 0 Å². The van der Waals surface area contributed by atoms with Gasteiger partial charge in [0.2, 0.25) is 0 Å². The first kappa shape index (κ1) is 26.7. The molecule has 0 atom stereocenters. The van der Waals surface area contributed by atoms with Crippen molar-refractivity contribution in [2.45, 2.75) is 0 Å². The molecule has 0 unspecified atom stereocenters. The third kappa shape index (κ3) is 3.96. The van der Waals surface area contributed by atoms with Gasteiger partial charge in [-0.25, -0.2) is 9.97 Å². The maximum Gasteiger partial charge on any atom is 0.0973 e. The largest absolute Gasteiger partial charge is 0.309 e. The molecule has 0 aliphatic heterocycles. The van der Waals surface area contributed by atoms with Crippen molar-refractivity contribution in [2.24, 2.45) is 0 Å². The van der Waals surface area contributed by atoms with Gasteiger partial charge in [-0.2, -0.15) is 0 Å². The van der Waals surface area contributed by atoms with E-state index in [1.165, 1.54) is 32.6 Å². The molecule has 0 aliphatic carbocycles. The number of hydrogen-bond acceptors (Lipinski definition) is 2. The Hall–Kier alpha value is -6.52. The summed E-state index contributed by atoms with van der Waals surface area (Å²) < 4.78 is 4.77. The third-order valence-corrected chi connectivity index (χ3v) is 9.49. The Labute approximate surface area is 276 Å². The van der Waals surface area contributed by atoms with Crippen LogP contribution in [0.3, 0.4) is 0 Å². The van der Waals surface area contributed by atoms with E-state index in [0.29, 0.717) is 0 Å². The molecule has 48 heavy (non-hydrogen) atoms. The van der Waals surface area contributed by atoms with Crippen molar-refractivity contribution in [1.82, 2.24) is 19.1 Å². The van der Waals surface area contributed by atoms with Crippen LogP contribution >= 0.6 is 0 Å². The maximum atomic E-state index is 5.30. The quantitative estimate of drug-likeness (QED) is 0.198. The van der Waals surface area contributed by atoms with Gasteiger partial charge in [0.25, 0.3) is 0 Å². The number of benzene rings is 7. The fraction of sp³-hybridized carbons (Fsp3) is 0. The minimum absolute atomic E-state index is 0.860. The van der Waals surface area contributed by atoms with Crippen molar-refractivity contribution in [2.75, 3.05) is 0 Å². The number of nitrogens with zero attached hydrogens (tertiary/aromatic N) is 4. The van der Waals surface area contributed by atoms with Crippen molar-refractivity contribution >= 4 is 54.6 Å². The summed E-state index contributed by atoms with van der Waals surface area (Å²) in [5.41, 5.74) is 12.5. The Morgan fingerprint density at radius 2 is 0.792 bits per heavy atom. The number of aromatic nitrogens is 4. The molecule has 0 radical (unpaired) electrons. The van der Waals surface area contributed by atoms with E-state index >= 15 is 0 Å². The van der Waals surface area contributed by atoms with Gasteiger partial charge < -0.3 is 9.13 Å². The van der Waals surface area contributed by atoms with Crippen molar-refractivity contribution in [3.8, 4) is 33.9 Å². The van der Waals surface area contributed by atoms with E-state index in [2.05, 4.69) is 167 Å². The lowest BCUT2D eigenvalue weighted by Crippen LogP contribution is -1.98. The molecule has 7 aromatic carbocycles. The van der Waals surface area contributed by atoms with Crippen LogP contribution in [0.15, 0.2) is 170 Å². The van der Waals surface area contributed by atoms with Gasteiger partial charge in [0.1, 0.15) is 0 Å². The molecular formula is C44H28N4. The molecule has 3 aromatic heterocycles. The average Bonchev–Trinajstić information content (AvgIpc) is 3.68.